The molecule has 0 radical (unpaired) electrons. The molecule has 5 heteroatoms. The van der Waals surface area contributed by atoms with Gasteiger partial charge in [-0.15, -0.1) is 0 Å². The Kier molecular flexibility index (Phi) is 3.85. The van der Waals surface area contributed by atoms with Gasteiger partial charge >= 0.3 is 0 Å². The highest BCUT2D eigenvalue weighted by atomic mass is 16.3. The summed E-state index contributed by atoms with van der Waals surface area (Å²) >= 11 is 0. The first-order valence-electron chi connectivity index (χ1n) is 6.05. The first kappa shape index (κ1) is 13.1. The predicted molar refractivity (Wildman–Crippen MR) is 73.0 cm³/mol. The van der Waals surface area contributed by atoms with Crippen molar-refractivity contribution < 1.29 is 9.21 Å². The van der Waals surface area contributed by atoms with E-state index in [0.29, 0.717) is 11.4 Å². The summed E-state index contributed by atoms with van der Waals surface area (Å²) in [7, 11) is 3.43. The van der Waals surface area contributed by atoms with E-state index in [0.717, 1.165) is 5.76 Å². The summed E-state index contributed by atoms with van der Waals surface area (Å²) in [6.07, 6.45) is 3.21. The summed E-state index contributed by atoms with van der Waals surface area (Å²) < 4.78 is 5.31. The molecule has 19 heavy (non-hydrogen) atoms. The van der Waals surface area contributed by atoms with Crippen molar-refractivity contribution in [3.63, 3.8) is 0 Å². The zero-order valence-electron chi connectivity index (χ0n) is 11.3. The lowest BCUT2D eigenvalue weighted by Crippen LogP contribution is -2.21. The lowest BCUT2D eigenvalue weighted by molar-refractivity contribution is 0.0827. The van der Waals surface area contributed by atoms with Gasteiger partial charge in [-0.2, -0.15) is 0 Å². The highest BCUT2D eigenvalue weighted by Crippen LogP contribution is 2.18. The van der Waals surface area contributed by atoms with Crippen LogP contribution in [-0.4, -0.2) is 29.9 Å². The number of pyridine rings is 1. The minimum Gasteiger partial charge on any atom is -0.467 e. The third-order valence-electron chi connectivity index (χ3n) is 2.75. The molecule has 0 aliphatic heterocycles. The number of aromatic nitrogens is 1. The Morgan fingerprint density at radius 2 is 2.16 bits per heavy atom. The van der Waals surface area contributed by atoms with Gasteiger partial charge in [0.2, 0.25) is 0 Å². The van der Waals surface area contributed by atoms with Crippen LogP contribution in [0.1, 0.15) is 29.1 Å². The molecule has 2 rings (SSSR count). The Bertz CT molecular complexity index is 532. The average molecular weight is 259 g/mol. The van der Waals surface area contributed by atoms with E-state index in [1.165, 1.54) is 4.90 Å². The van der Waals surface area contributed by atoms with Gasteiger partial charge in [0.05, 0.1) is 17.9 Å². The summed E-state index contributed by atoms with van der Waals surface area (Å²) in [6.45, 7) is 1.99. The second-order valence-corrected chi connectivity index (χ2v) is 4.51. The van der Waals surface area contributed by atoms with Crippen molar-refractivity contribution in [2.45, 2.75) is 13.0 Å². The van der Waals surface area contributed by atoms with Crippen molar-refractivity contribution in [3.8, 4) is 0 Å². The Morgan fingerprint density at radius 3 is 2.68 bits per heavy atom. The van der Waals surface area contributed by atoms with Crippen molar-refractivity contribution >= 4 is 11.7 Å². The molecule has 0 aliphatic carbocycles. The summed E-state index contributed by atoms with van der Waals surface area (Å²) in [6, 6.07) is 7.32. The van der Waals surface area contributed by atoms with E-state index in [-0.39, 0.29) is 11.9 Å². The van der Waals surface area contributed by atoms with Crippen LogP contribution in [-0.2, 0) is 0 Å². The van der Waals surface area contributed by atoms with Crippen LogP contribution in [0.25, 0.3) is 0 Å². The molecule has 1 amide bonds. The molecule has 2 aromatic heterocycles. The van der Waals surface area contributed by atoms with E-state index >= 15 is 0 Å². The zero-order valence-corrected chi connectivity index (χ0v) is 11.3. The van der Waals surface area contributed by atoms with Crippen LogP contribution in [0.4, 0.5) is 5.82 Å². The number of rotatable bonds is 4. The zero-order chi connectivity index (χ0) is 13.8. The monoisotopic (exact) mass is 259 g/mol. The number of carbonyl (C=O) groups is 1. The molecule has 0 spiro atoms. The number of furan rings is 1. The van der Waals surface area contributed by atoms with Crippen molar-refractivity contribution in [3.05, 3.63) is 48.0 Å². The third kappa shape index (κ3) is 3.13. The number of carbonyl (C=O) groups excluding carboxylic acids is 1. The summed E-state index contributed by atoms with van der Waals surface area (Å²) in [5, 5.41) is 3.21. The van der Waals surface area contributed by atoms with Gasteiger partial charge in [-0.25, -0.2) is 4.98 Å². The summed E-state index contributed by atoms with van der Waals surface area (Å²) in [5.74, 6) is 1.49. The van der Waals surface area contributed by atoms with Gasteiger partial charge in [-0.1, -0.05) is 0 Å². The summed E-state index contributed by atoms with van der Waals surface area (Å²) in [4.78, 5) is 17.5. The lowest BCUT2D eigenvalue weighted by Gasteiger charge is -2.13. The van der Waals surface area contributed by atoms with Crippen LogP contribution in [0.3, 0.4) is 0 Å². The van der Waals surface area contributed by atoms with E-state index in [2.05, 4.69) is 10.3 Å². The van der Waals surface area contributed by atoms with Crippen LogP contribution in [0.15, 0.2) is 41.1 Å². The normalized spacial score (nSPS) is 11.9. The molecule has 100 valence electrons. The van der Waals surface area contributed by atoms with E-state index in [1.807, 2.05) is 19.1 Å². The maximum absolute atomic E-state index is 11.7. The average Bonchev–Trinajstić information content (AvgIpc) is 2.92. The van der Waals surface area contributed by atoms with E-state index in [1.54, 1.807) is 38.7 Å². The predicted octanol–water partition coefficient (Wildman–Crippen LogP) is 2.55. The molecule has 0 fully saturated rings. The summed E-state index contributed by atoms with van der Waals surface area (Å²) in [5.41, 5.74) is 0.571. The molecule has 5 nitrogen and oxygen atoms in total. The molecule has 1 unspecified atom stereocenters. The fraction of sp³-hybridized carbons (Fsp3) is 0.286. The smallest absolute Gasteiger partial charge is 0.254 e. The molecule has 2 heterocycles. The highest BCUT2D eigenvalue weighted by Gasteiger charge is 2.10. The number of hydrogen-bond donors (Lipinski definition) is 1. The van der Waals surface area contributed by atoms with Gasteiger partial charge in [0.1, 0.15) is 11.6 Å². The number of anilines is 1. The molecule has 1 atom stereocenters. The van der Waals surface area contributed by atoms with Gasteiger partial charge in [-0.3, -0.25) is 4.79 Å². The molecule has 2 aromatic rings. The largest absolute Gasteiger partial charge is 0.467 e. The van der Waals surface area contributed by atoms with Gasteiger partial charge in [-0.05, 0) is 31.2 Å². The Labute approximate surface area is 112 Å². The van der Waals surface area contributed by atoms with Crippen LogP contribution in [0.5, 0.6) is 0 Å². The van der Waals surface area contributed by atoms with E-state index in [9.17, 15) is 4.79 Å². The minimum atomic E-state index is -0.0573. The maximum Gasteiger partial charge on any atom is 0.254 e. The van der Waals surface area contributed by atoms with E-state index < -0.39 is 0 Å². The second kappa shape index (κ2) is 5.56. The van der Waals surface area contributed by atoms with Crippen LogP contribution in [0.2, 0.25) is 0 Å². The van der Waals surface area contributed by atoms with E-state index in [4.69, 9.17) is 4.42 Å². The van der Waals surface area contributed by atoms with Crippen LogP contribution >= 0.6 is 0 Å². The highest BCUT2D eigenvalue weighted by molar-refractivity contribution is 5.93. The Morgan fingerprint density at radius 1 is 1.37 bits per heavy atom. The topological polar surface area (TPSA) is 58.4 Å². The van der Waals surface area contributed by atoms with Crippen molar-refractivity contribution in [1.29, 1.82) is 0 Å². The van der Waals surface area contributed by atoms with Crippen molar-refractivity contribution in [2.24, 2.45) is 0 Å². The fourth-order valence-electron chi connectivity index (χ4n) is 1.69. The number of nitrogens with zero attached hydrogens (tertiary/aromatic N) is 2. The minimum absolute atomic E-state index is 0.0258. The van der Waals surface area contributed by atoms with Crippen molar-refractivity contribution in [1.82, 2.24) is 9.88 Å². The SMILES string of the molecule is CC(Nc1ccc(C(=O)N(C)C)cn1)c1ccco1. The first-order chi connectivity index (χ1) is 9.08. The third-order valence-corrected chi connectivity index (χ3v) is 2.75. The molecule has 0 saturated heterocycles. The molecular formula is C14H17N3O2. The molecule has 0 aliphatic rings. The van der Waals surface area contributed by atoms with Crippen LogP contribution < -0.4 is 5.32 Å². The maximum atomic E-state index is 11.7. The lowest BCUT2D eigenvalue weighted by atomic mass is 10.2. The van der Waals surface area contributed by atoms with Gasteiger partial charge in [0.15, 0.2) is 0 Å². The van der Waals surface area contributed by atoms with Gasteiger partial charge in [0, 0.05) is 20.3 Å². The number of amides is 1. The number of nitrogens with one attached hydrogen (secondary N) is 1. The molecule has 0 saturated carbocycles. The van der Waals surface area contributed by atoms with Crippen molar-refractivity contribution in [2.75, 3.05) is 19.4 Å². The number of hydrogen-bond acceptors (Lipinski definition) is 4. The Hall–Kier alpha value is -2.30. The van der Waals surface area contributed by atoms with Crippen LogP contribution in [0, 0.1) is 0 Å². The van der Waals surface area contributed by atoms with Gasteiger partial charge in [0.25, 0.3) is 5.91 Å². The molecule has 0 aromatic carbocycles. The molecule has 1 N–H and O–H groups in total. The standard InChI is InChI=1S/C14H17N3O2/c1-10(12-5-4-8-19-12)16-13-7-6-11(9-15-13)14(18)17(2)3/h4-10H,1-3H3,(H,15,16). The Balaban J connectivity index is 2.05. The molecular weight excluding hydrogens is 242 g/mol. The quantitative estimate of drug-likeness (QED) is 0.916. The molecule has 0 bridgehead atoms. The fourth-order valence-corrected chi connectivity index (χ4v) is 1.69. The first-order valence-corrected chi connectivity index (χ1v) is 6.05. The second-order valence-electron chi connectivity index (χ2n) is 4.51. The van der Waals surface area contributed by atoms with Gasteiger partial charge < -0.3 is 14.6 Å².